The molecule has 14 atom stereocenters. The first kappa shape index (κ1) is 92.9. The highest BCUT2D eigenvalue weighted by Gasteiger charge is 2.39. The van der Waals surface area contributed by atoms with Gasteiger partial charge in [-0.2, -0.15) is 11.8 Å². The van der Waals surface area contributed by atoms with Crippen molar-refractivity contribution in [2.24, 2.45) is 28.9 Å². The number of para-hydroxylation sites is 1. The molecule has 0 spiro atoms. The molecule has 0 saturated heterocycles. The second-order valence-corrected chi connectivity index (χ2v) is 29.5. The number of thioether (sulfide) groups is 1. The molecular weight excluding hydrogens is 1530 g/mol. The van der Waals surface area contributed by atoms with Crippen molar-refractivity contribution < 1.29 is 92.7 Å². The van der Waals surface area contributed by atoms with E-state index in [9.17, 15) is 83.1 Å². The molecule has 13 amide bonds. The number of aliphatic carboxylic acids is 1. The van der Waals surface area contributed by atoms with Crippen LogP contribution in [0.2, 0.25) is 0 Å². The largest absolute Gasteiger partial charge is 0.508 e. The summed E-state index contributed by atoms with van der Waals surface area (Å²) < 4.78 is 0. The number of carboxylic acids is 1. The number of aliphatic hydroxyl groups excluding tert-OH is 2. The average Bonchev–Trinajstić information content (AvgIpc) is 1.76. The highest BCUT2D eigenvalue weighted by molar-refractivity contribution is 7.98. The van der Waals surface area contributed by atoms with E-state index in [2.05, 4.69) is 73.4 Å². The topological polar surface area (TPSA) is 621 Å². The number of amides is 13. The lowest BCUT2D eigenvalue weighted by Crippen LogP contribution is -2.62. The number of aromatic hydroxyl groups is 2. The number of H-pyrrole nitrogens is 2. The van der Waals surface area contributed by atoms with Crippen LogP contribution in [0.4, 0.5) is 0 Å². The number of phenolic OH excluding ortho intramolecular Hbond substituents is 2. The quantitative estimate of drug-likeness (QED) is 0.0174. The summed E-state index contributed by atoms with van der Waals surface area (Å²) in [6.07, 6.45) is 0.406. The number of aromatic nitrogens is 3. The van der Waals surface area contributed by atoms with Crippen molar-refractivity contribution in [3.05, 3.63) is 150 Å². The Bertz CT molecular complexity index is 4300. The molecule has 38 heteroatoms. The summed E-state index contributed by atoms with van der Waals surface area (Å²) >= 11 is 1.26. The van der Waals surface area contributed by atoms with Crippen LogP contribution in [0.5, 0.6) is 11.5 Å². The summed E-state index contributed by atoms with van der Waals surface area (Å²) in [7, 11) is 0. The van der Waals surface area contributed by atoms with E-state index in [1.54, 1.807) is 80.9 Å². The summed E-state index contributed by atoms with van der Waals surface area (Å²) in [6.45, 7) is 5.78. The lowest BCUT2D eigenvalue weighted by atomic mass is 9.99. The van der Waals surface area contributed by atoms with Crippen LogP contribution < -0.4 is 81.4 Å². The van der Waals surface area contributed by atoms with Gasteiger partial charge in [0.25, 0.3) is 0 Å². The maximum absolute atomic E-state index is 15.2. The lowest BCUT2D eigenvalue weighted by molar-refractivity contribution is -0.145. The Labute approximate surface area is 673 Å². The lowest BCUT2D eigenvalue weighted by Gasteiger charge is -2.29. The summed E-state index contributed by atoms with van der Waals surface area (Å²) in [5.41, 5.74) is 25.6. The zero-order chi connectivity index (χ0) is 85.3. The number of rotatable bonds is 49. The predicted molar refractivity (Wildman–Crippen MR) is 426 cm³/mol. The molecule has 2 heterocycles. The van der Waals surface area contributed by atoms with Crippen LogP contribution in [-0.4, -0.2) is 227 Å². The van der Waals surface area contributed by atoms with Crippen LogP contribution in [0.15, 0.2) is 122 Å². The van der Waals surface area contributed by atoms with Gasteiger partial charge in [-0.3, -0.25) is 62.3 Å². The van der Waals surface area contributed by atoms with Crippen LogP contribution in [0, 0.1) is 5.92 Å². The van der Waals surface area contributed by atoms with Gasteiger partial charge in [0, 0.05) is 73.9 Å². The molecule has 0 aliphatic rings. The number of primary amides is 2. The van der Waals surface area contributed by atoms with E-state index in [1.807, 2.05) is 0 Å². The molecule has 6 aromatic rings. The number of aliphatic hydroxyl groups is 2. The first-order valence-corrected chi connectivity index (χ1v) is 39.1. The minimum atomic E-state index is -2.00. The van der Waals surface area contributed by atoms with Gasteiger partial charge in [0.2, 0.25) is 76.8 Å². The van der Waals surface area contributed by atoms with Crippen molar-refractivity contribution in [2.75, 3.05) is 18.6 Å². The maximum Gasteiger partial charge on any atom is 0.328 e. The van der Waals surface area contributed by atoms with Gasteiger partial charge in [-0.1, -0.05) is 93.1 Å². The van der Waals surface area contributed by atoms with Gasteiger partial charge in [0.15, 0.2) is 6.04 Å². The number of carboxylic acid groups (broad SMARTS) is 1. The van der Waals surface area contributed by atoms with Crippen molar-refractivity contribution in [3.63, 3.8) is 0 Å². The fraction of sp³-hybridized carbons (Fsp3) is 0.449. The molecule has 116 heavy (non-hydrogen) atoms. The van der Waals surface area contributed by atoms with Crippen LogP contribution in [-0.2, 0) is 99.2 Å². The molecule has 2 aromatic heterocycles. The number of unbranched alkanes of at least 4 members (excludes halogenated alkanes) is 1. The summed E-state index contributed by atoms with van der Waals surface area (Å²) in [5.74, 6) is -15.3. The highest BCUT2D eigenvalue weighted by Crippen LogP contribution is 2.22. The number of benzene rings is 4. The molecule has 6 rings (SSSR count). The molecule has 0 aliphatic heterocycles. The summed E-state index contributed by atoms with van der Waals surface area (Å²) in [6, 6.07) is 7.02. The summed E-state index contributed by atoms with van der Waals surface area (Å²) in [4.78, 5) is 207. The van der Waals surface area contributed by atoms with E-state index in [1.165, 1.54) is 72.8 Å². The fourth-order valence-corrected chi connectivity index (χ4v) is 12.7. The van der Waals surface area contributed by atoms with Crippen LogP contribution >= 0.6 is 11.8 Å². The Morgan fingerprint density at radius 3 is 1.28 bits per heavy atom. The van der Waals surface area contributed by atoms with E-state index in [0.29, 0.717) is 58.2 Å². The van der Waals surface area contributed by atoms with Crippen LogP contribution in [0.25, 0.3) is 10.9 Å². The Balaban J connectivity index is 1.28. The number of imidazole rings is 1. The van der Waals surface area contributed by atoms with Crippen molar-refractivity contribution in [2.45, 2.75) is 196 Å². The second kappa shape index (κ2) is 46.4. The van der Waals surface area contributed by atoms with E-state index < -0.39 is 199 Å². The molecule has 37 nitrogen and oxygen atoms in total. The van der Waals surface area contributed by atoms with Gasteiger partial charge in [-0.15, -0.1) is 0 Å². The molecule has 0 bridgehead atoms. The third-order valence-corrected chi connectivity index (χ3v) is 19.5. The number of phenols is 2. The number of carbonyl (C=O) groups excluding carboxylic acids is 13. The normalized spacial score (nSPS) is 14.9. The average molecular weight is 1630 g/mol. The third-order valence-electron chi connectivity index (χ3n) is 18.8. The number of fused-ring (bicyclic) bond motifs is 1. The van der Waals surface area contributed by atoms with E-state index >= 15 is 9.59 Å². The molecule has 26 N–H and O–H groups in total. The molecule has 0 aliphatic carbocycles. The summed E-state index contributed by atoms with van der Waals surface area (Å²) in [5, 5.41) is 80.4. The van der Waals surface area contributed by atoms with E-state index in [0.717, 1.165) is 13.8 Å². The Kier molecular flexibility index (Phi) is 37.1. The van der Waals surface area contributed by atoms with Gasteiger partial charge >= 0.3 is 5.97 Å². The Hall–Kier alpha value is -12.0. The third kappa shape index (κ3) is 30.1. The molecule has 0 unspecified atom stereocenters. The van der Waals surface area contributed by atoms with Gasteiger partial charge < -0.3 is 117 Å². The SMILES string of the molecule is CSCC[C@H](NC(=O)[C@H](CCC(N)=O)NC(=O)[C@@H](NC(=O)[C@H](Cc1c[nH]c2ccccc12)NC(=O)[C@H](Cc1ccc(O)cc1)NC(=O)[C@H](CCC(N)=O)NC(=O)[C@@H](NC(=O)[C@H](Cc1cnc[nH]1)NC(=O)[C@@H](N)CCCCN)C(C)C)[C@@H](C)O)C(=O)N[C@@H](Cc1ccccc1)C(=O)N[C@@H](Cc1ccc(O)cc1)C(=O)N[C@H](C(=O)O)[C@@H](C)O. The van der Waals surface area contributed by atoms with Crippen LogP contribution in [0.3, 0.4) is 0 Å². The number of nitrogens with one attached hydrogen (secondary N) is 13. The van der Waals surface area contributed by atoms with Gasteiger partial charge in [0.1, 0.15) is 71.9 Å². The van der Waals surface area contributed by atoms with Crippen molar-refractivity contribution in [3.8, 4) is 11.5 Å². The molecule has 628 valence electrons. The smallest absolute Gasteiger partial charge is 0.328 e. The number of nitrogens with zero attached hydrogens (tertiary/aromatic N) is 1. The Morgan fingerprint density at radius 2 is 0.836 bits per heavy atom. The van der Waals surface area contributed by atoms with Gasteiger partial charge in [-0.25, -0.2) is 9.78 Å². The monoisotopic (exact) mass is 1630 g/mol. The minimum absolute atomic E-state index is 0.123. The van der Waals surface area contributed by atoms with Crippen molar-refractivity contribution >= 4 is 105 Å². The zero-order valence-corrected chi connectivity index (χ0v) is 65.7. The fourth-order valence-electron chi connectivity index (χ4n) is 12.3. The van der Waals surface area contributed by atoms with Crippen molar-refractivity contribution in [1.29, 1.82) is 0 Å². The predicted octanol–water partition coefficient (Wildman–Crippen LogP) is -2.61. The number of hydrogen-bond acceptors (Lipinski definition) is 22. The van der Waals surface area contributed by atoms with Gasteiger partial charge in [-0.05, 0) is 123 Å². The maximum atomic E-state index is 15.2. The highest BCUT2D eigenvalue weighted by atomic mass is 32.2. The first-order chi connectivity index (χ1) is 55.1. The van der Waals surface area contributed by atoms with E-state index in [-0.39, 0.29) is 62.2 Å². The second-order valence-electron chi connectivity index (χ2n) is 28.5. The van der Waals surface area contributed by atoms with Crippen LogP contribution in [0.1, 0.15) is 107 Å². The minimum Gasteiger partial charge on any atom is -0.508 e. The van der Waals surface area contributed by atoms with Crippen molar-refractivity contribution in [1.82, 2.24) is 73.4 Å². The Morgan fingerprint density at radius 1 is 0.440 bits per heavy atom. The number of hydrogen-bond donors (Lipinski definition) is 22. The number of aromatic amines is 2. The molecular formula is C78H106N18O19S. The zero-order valence-electron chi connectivity index (χ0n) is 64.9. The first-order valence-electron chi connectivity index (χ1n) is 37.7. The standard InChI is InChI=1S/C78H106N18O19S/c1-41(2)64(94-75(111)61(37-48-39-83-40-85-48)89-67(103)52(80)16-11-12-31-79)76(112)87-55(27-29-63(82)102)69(105)90-58(34-45-18-22-49(99)23-19-45)72(108)93-60(36-47-38-84-53-17-10-9-15-51(47)53)74(110)95-65(42(3)97)77(113)88-54(26-28-62(81)101)68(104)86-56(30-32-116-5)70(106)91-57(33-44-13-7-6-8-14-44)71(107)92-59(35-46-20-24-50(100)25-21-46)73(109)96-66(43(4)98)78(114)115/h6-10,13-15,17-25,38-43,52,54-61,64-66,84,97-100H,11-12,16,26-37,79-80H2,1-5H3,(H2,81,101)(H2,82,102)(H,83,85)(H,86,104)(H,87,112)(H,88,113)(H,89,103)(H,90,105)(H,91,106)(H,92,107)(H,93,108)(H,94,111)(H,95,110)(H,96,109)(H,114,115)/t42-,43-,52+,54+,55+,56+,57+,58+,59+,60+,61+,64+,65+,66+/m1/s1. The molecule has 0 radical (unpaired) electrons. The molecule has 0 fully saturated rings. The molecule has 0 saturated carbocycles. The number of carbonyl (C=O) groups is 14. The molecule has 4 aromatic carbocycles. The van der Waals surface area contributed by atoms with E-state index in [4.69, 9.17) is 22.9 Å². The van der Waals surface area contributed by atoms with Gasteiger partial charge in [0.05, 0.1) is 24.6 Å². The number of nitrogens with two attached hydrogens (primary N) is 4.